The fraction of sp³-hybridized carbons (Fsp3) is 0.400. The molecule has 1 nitrogen and oxygen atoms in total. The standard InChI is InChI=1S/C10H16OP2/c1-12-10(13(2)3)8-4-6-9(11)7-5-8/h4-7,10-12H,1-3H3. The normalized spacial score (nSPS) is 14.2. The van der Waals surface area contributed by atoms with Gasteiger partial charge in [-0.05, 0) is 37.7 Å². The summed E-state index contributed by atoms with van der Waals surface area (Å²) in [6.45, 7) is 6.87. The van der Waals surface area contributed by atoms with E-state index in [0.717, 1.165) is 8.58 Å². The molecule has 1 aromatic rings. The van der Waals surface area contributed by atoms with Crippen LogP contribution < -0.4 is 0 Å². The Labute approximate surface area is 83.1 Å². The molecule has 0 aliphatic heterocycles. The summed E-state index contributed by atoms with van der Waals surface area (Å²) in [6, 6.07) is 7.64. The number of hydrogen-bond acceptors (Lipinski definition) is 1. The Morgan fingerprint density at radius 2 is 1.77 bits per heavy atom. The summed E-state index contributed by atoms with van der Waals surface area (Å²) >= 11 is 0. The lowest BCUT2D eigenvalue weighted by Crippen LogP contribution is -1.88. The molecule has 0 fully saturated rings. The average molecular weight is 214 g/mol. The summed E-state index contributed by atoms with van der Waals surface area (Å²) in [5, 5.41) is 9.86. The van der Waals surface area contributed by atoms with E-state index in [1.54, 1.807) is 12.1 Å². The van der Waals surface area contributed by atoms with Crippen molar-refractivity contribution in [3.05, 3.63) is 29.8 Å². The molecule has 72 valence electrons. The number of hydrogen-bond donors (Lipinski definition) is 1. The van der Waals surface area contributed by atoms with Crippen molar-refractivity contribution in [1.82, 2.24) is 0 Å². The highest BCUT2D eigenvalue weighted by Crippen LogP contribution is 2.54. The zero-order valence-corrected chi connectivity index (χ0v) is 10.2. The maximum atomic E-state index is 9.16. The van der Waals surface area contributed by atoms with E-state index in [2.05, 4.69) is 20.0 Å². The Balaban J connectivity index is 2.86. The second kappa shape index (κ2) is 4.94. The third kappa shape index (κ3) is 2.93. The number of phenolic OH excluding ortho intramolecular Hbond substituents is 1. The Hall–Kier alpha value is -0.120. The van der Waals surface area contributed by atoms with Crippen molar-refractivity contribution in [1.29, 1.82) is 0 Å². The Morgan fingerprint density at radius 1 is 1.23 bits per heavy atom. The van der Waals surface area contributed by atoms with Crippen LogP contribution in [0.3, 0.4) is 0 Å². The summed E-state index contributed by atoms with van der Waals surface area (Å²) in [6.07, 6.45) is 0. The minimum absolute atomic E-state index is 0.0808. The smallest absolute Gasteiger partial charge is 0.115 e. The van der Waals surface area contributed by atoms with Gasteiger partial charge in [-0.3, -0.25) is 0 Å². The van der Waals surface area contributed by atoms with Crippen LogP contribution in [0.5, 0.6) is 5.75 Å². The highest BCUT2D eigenvalue weighted by molar-refractivity contribution is 7.67. The molecule has 0 saturated heterocycles. The van der Waals surface area contributed by atoms with E-state index in [-0.39, 0.29) is 7.92 Å². The van der Waals surface area contributed by atoms with E-state index in [9.17, 15) is 0 Å². The van der Waals surface area contributed by atoms with Crippen LogP contribution in [-0.2, 0) is 0 Å². The predicted octanol–water partition coefficient (Wildman–Crippen LogP) is 3.44. The molecular weight excluding hydrogens is 198 g/mol. The van der Waals surface area contributed by atoms with Gasteiger partial charge in [0.05, 0.1) is 0 Å². The quantitative estimate of drug-likeness (QED) is 0.764. The molecule has 2 unspecified atom stereocenters. The van der Waals surface area contributed by atoms with Gasteiger partial charge in [-0.1, -0.05) is 12.1 Å². The van der Waals surface area contributed by atoms with Crippen LogP contribution in [0.2, 0.25) is 0 Å². The van der Waals surface area contributed by atoms with Crippen molar-refractivity contribution in [3.8, 4) is 5.75 Å². The van der Waals surface area contributed by atoms with Crippen molar-refractivity contribution in [3.63, 3.8) is 0 Å². The number of phenols is 1. The first-order valence-electron chi connectivity index (χ1n) is 4.27. The maximum Gasteiger partial charge on any atom is 0.115 e. The molecule has 13 heavy (non-hydrogen) atoms. The van der Waals surface area contributed by atoms with E-state index in [1.807, 2.05) is 12.1 Å². The van der Waals surface area contributed by atoms with Crippen molar-refractivity contribution in [2.75, 3.05) is 20.0 Å². The largest absolute Gasteiger partial charge is 0.508 e. The molecule has 0 bridgehead atoms. The minimum atomic E-state index is 0.0808. The van der Waals surface area contributed by atoms with Crippen LogP contribution >= 0.6 is 16.5 Å². The molecule has 2 atom stereocenters. The van der Waals surface area contributed by atoms with E-state index in [0.29, 0.717) is 11.1 Å². The Morgan fingerprint density at radius 3 is 2.15 bits per heavy atom. The molecule has 0 aliphatic rings. The highest BCUT2D eigenvalue weighted by Gasteiger charge is 2.12. The molecule has 1 aromatic carbocycles. The van der Waals surface area contributed by atoms with E-state index in [1.165, 1.54) is 5.56 Å². The summed E-state index contributed by atoms with van der Waals surface area (Å²) in [4.78, 5) is 0. The lowest BCUT2D eigenvalue weighted by Gasteiger charge is -2.19. The SMILES string of the molecule is CPC(c1ccc(O)cc1)P(C)C. The fourth-order valence-corrected chi connectivity index (χ4v) is 4.74. The van der Waals surface area contributed by atoms with Gasteiger partial charge >= 0.3 is 0 Å². The number of benzene rings is 1. The molecule has 0 radical (unpaired) electrons. The van der Waals surface area contributed by atoms with Gasteiger partial charge in [-0.15, -0.1) is 16.5 Å². The molecule has 3 heteroatoms. The minimum Gasteiger partial charge on any atom is -0.508 e. The first kappa shape index (κ1) is 11.0. The van der Waals surface area contributed by atoms with Gasteiger partial charge < -0.3 is 5.11 Å². The maximum absolute atomic E-state index is 9.16. The zero-order valence-electron chi connectivity index (χ0n) is 8.28. The van der Waals surface area contributed by atoms with Gasteiger partial charge in [0, 0.05) is 5.40 Å². The number of aromatic hydroxyl groups is 1. The number of rotatable bonds is 3. The lowest BCUT2D eigenvalue weighted by atomic mass is 10.2. The monoisotopic (exact) mass is 214 g/mol. The molecule has 1 rings (SSSR count). The molecule has 0 aromatic heterocycles. The fourth-order valence-electron chi connectivity index (χ4n) is 1.38. The predicted molar refractivity (Wildman–Crippen MR) is 63.9 cm³/mol. The summed E-state index contributed by atoms with van der Waals surface area (Å²) < 4.78 is 0. The first-order valence-corrected chi connectivity index (χ1v) is 8.16. The van der Waals surface area contributed by atoms with Crippen LogP contribution in [-0.4, -0.2) is 25.1 Å². The van der Waals surface area contributed by atoms with Crippen molar-refractivity contribution < 1.29 is 5.11 Å². The topological polar surface area (TPSA) is 20.2 Å². The lowest BCUT2D eigenvalue weighted by molar-refractivity contribution is 0.475. The van der Waals surface area contributed by atoms with Gasteiger partial charge in [0.15, 0.2) is 0 Å². The van der Waals surface area contributed by atoms with E-state index in [4.69, 9.17) is 5.11 Å². The van der Waals surface area contributed by atoms with Crippen LogP contribution in [0.4, 0.5) is 0 Å². The van der Waals surface area contributed by atoms with E-state index >= 15 is 0 Å². The van der Waals surface area contributed by atoms with Gasteiger partial charge in [-0.2, -0.15) is 0 Å². The third-order valence-corrected chi connectivity index (χ3v) is 6.53. The second-order valence-electron chi connectivity index (χ2n) is 3.25. The van der Waals surface area contributed by atoms with Crippen LogP contribution in [0.25, 0.3) is 0 Å². The summed E-state index contributed by atoms with van der Waals surface area (Å²) in [7, 11) is 1.03. The summed E-state index contributed by atoms with van der Waals surface area (Å²) in [5.74, 6) is 0.360. The van der Waals surface area contributed by atoms with Crippen molar-refractivity contribution in [2.45, 2.75) is 5.40 Å². The molecule has 0 aliphatic carbocycles. The summed E-state index contributed by atoms with van der Waals surface area (Å²) in [5.41, 5.74) is 1.37. The average Bonchev–Trinajstić information content (AvgIpc) is 2.09. The van der Waals surface area contributed by atoms with Gasteiger partial charge in [0.2, 0.25) is 0 Å². The van der Waals surface area contributed by atoms with Crippen LogP contribution in [0.1, 0.15) is 11.0 Å². The van der Waals surface area contributed by atoms with Gasteiger partial charge in [0.25, 0.3) is 0 Å². The molecule has 0 saturated carbocycles. The van der Waals surface area contributed by atoms with Crippen molar-refractivity contribution in [2.24, 2.45) is 0 Å². The third-order valence-electron chi connectivity index (χ3n) is 2.00. The Kier molecular flexibility index (Phi) is 4.16. The molecular formula is C10H16OP2. The van der Waals surface area contributed by atoms with Crippen LogP contribution in [0, 0.1) is 0 Å². The second-order valence-corrected chi connectivity index (χ2v) is 7.33. The first-order chi connectivity index (χ1) is 6.15. The molecule has 0 heterocycles. The van der Waals surface area contributed by atoms with E-state index < -0.39 is 0 Å². The van der Waals surface area contributed by atoms with Crippen molar-refractivity contribution >= 4 is 16.5 Å². The van der Waals surface area contributed by atoms with Gasteiger partial charge in [-0.25, -0.2) is 0 Å². The molecule has 0 spiro atoms. The molecule has 0 amide bonds. The zero-order chi connectivity index (χ0) is 9.84. The Bertz CT molecular complexity index is 256. The van der Waals surface area contributed by atoms with Crippen LogP contribution in [0.15, 0.2) is 24.3 Å². The molecule has 1 N–H and O–H groups in total. The van der Waals surface area contributed by atoms with Gasteiger partial charge in [0.1, 0.15) is 5.75 Å². The highest BCUT2D eigenvalue weighted by atomic mass is 31.2.